The second-order valence-electron chi connectivity index (χ2n) is 8.06. The van der Waals surface area contributed by atoms with Crippen LogP contribution in [0.2, 0.25) is 0 Å². The molecule has 1 fully saturated rings. The number of ketones is 1. The highest BCUT2D eigenvalue weighted by Crippen LogP contribution is 2.19. The minimum Gasteiger partial charge on any atom is -0.494 e. The smallest absolute Gasteiger partial charge is 0.307 e. The van der Waals surface area contributed by atoms with Crippen molar-refractivity contribution < 1.29 is 28.6 Å². The van der Waals surface area contributed by atoms with E-state index in [0.717, 1.165) is 25.2 Å². The normalized spacial score (nSPS) is 14.2. The molecule has 0 aromatic heterocycles. The number of benzene rings is 2. The van der Waals surface area contributed by atoms with Crippen molar-refractivity contribution in [3.63, 3.8) is 0 Å². The number of amides is 1. The van der Waals surface area contributed by atoms with Crippen LogP contribution in [0.15, 0.2) is 48.5 Å². The molecule has 8 nitrogen and oxygen atoms in total. The Bertz CT molecular complexity index is 952. The second-order valence-corrected chi connectivity index (χ2v) is 8.06. The van der Waals surface area contributed by atoms with E-state index >= 15 is 0 Å². The molecule has 2 aromatic rings. The van der Waals surface area contributed by atoms with Gasteiger partial charge in [0, 0.05) is 36.4 Å². The SMILES string of the molecule is CCCOc1ccc(C(=O)CCC(=O)OC(C)C(=O)Nc2ccc(N3CCOCC3)cc2)cc1. The summed E-state index contributed by atoms with van der Waals surface area (Å²) in [7, 11) is 0. The highest BCUT2D eigenvalue weighted by Gasteiger charge is 2.19. The number of anilines is 2. The third kappa shape index (κ3) is 7.59. The molecule has 1 amide bonds. The van der Waals surface area contributed by atoms with Crippen LogP contribution in [0, 0.1) is 0 Å². The lowest BCUT2D eigenvalue weighted by Crippen LogP contribution is -2.36. The quantitative estimate of drug-likeness (QED) is 0.395. The first-order valence-corrected chi connectivity index (χ1v) is 11.7. The molecular weight excluding hydrogens is 436 g/mol. The zero-order valence-electron chi connectivity index (χ0n) is 19.7. The van der Waals surface area contributed by atoms with Gasteiger partial charge in [-0.3, -0.25) is 14.4 Å². The van der Waals surface area contributed by atoms with Crippen LogP contribution in [0.25, 0.3) is 0 Å². The molecule has 1 heterocycles. The molecule has 1 aliphatic rings. The average molecular weight is 469 g/mol. The van der Waals surface area contributed by atoms with Crippen molar-refractivity contribution >= 4 is 29.0 Å². The zero-order chi connectivity index (χ0) is 24.3. The van der Waals surface area contributed by atoms with Gasteiger partial charge in [0.2, 0.25) is 0 Å². The zero-order valence-corrected chi connectivity index (χ0v) is 19.7. The maximum atomic E-state index is 12.4. The number of carbonyl (C=O) groups is 3. The number of ether oxygens (including phenoxy) is 3. The van der Waals surface area contributed by atoms with Crippen molar-refractivity contribution in [2.75, 3.05) is 43.1 Å². The third-order valence-corrected chi connectivity index (χ3v) is 5.39. The van der Waals surface area contributed by atoms with E-state index in [2.05, 4.69) is 10.2 Å². The standard InChI is InChI=1S/C26H32N2O6/c1-3-16-33-23-10-4-20(5-11-23)24(29)12-13-25(30)34-19(2)26(31)27-21-6-8-22(9-7-21)28-14-17-32-18-15-28/h4-11,19H,3,12-18H2,1-2H3,(H,27,31). The summed E-state index contributed by atoms with van der Waals surface area (Å²) in [6.07, 6.45) is -0.165. The number of Topliss-reactive ketones (excluding diaryl/α,β-unsaturated/α-hetero) is 1. The lowest BCUT2D eigenvalue weighted by molar-refractivity contribution is -0.153. The monoisotopic (exact) mass is 468 g/mol. The molecule has 1 aliphatic heterocycles. The molecule has 8 heteroatoms. The van der Waals surface area contributed by atoms with E-state index in [4.69, 9.17) is 14.2 Å². The largest absolute Gasteiger partial charge is 0.494 e. The van der Waals surface area contributed by atoms with Gasteiger partial charge in [-0.2, -0.15) is 0 Å². The molecule has 2 aromatic carbocycles. The molecule has 1 atom stereocenters. The van der Waals surface area contributed by atoms with Crippen LogP contribution in [0.5, 0.6) is 5.75 Å². The molecule has 0 aliphatic carbocycles. The average Bonchev–Trinajstić information content (AvgIpc) is 2.87. The Balaban J connectivity index is 1.41. The summed E-state index contributed by atoms with van der Waals surface area (Å²) in [5.74, 6) is -0.493. The molecule has 34 heavy (non-hydrogen) atoms. The predicted octanol–water partition coefficient (Wildman–Crippen LogP) is 3.85. The summed E-state index contributed by atoms with van der Waals surface area (Å²) in [5, 5.41) is 2.75. The molecule has 0 radical (unpaired) electrons. The van der Waals surface area contributed by atoms with E-state index in [1.165, 1.54) is 6.92 Å². The van der Waals surface area contributed by atoms with Crippen molar-refractivity contribution in [3.8, 4) is 5.75 Å². The van der Waals surface area contributed by atoms with Crippen LogP contribution < -0.4 is 15.0 Å². The lowest BCUT2D eigenvalue weighted by atomic mass is 10.1. The van der Waals surface area contributed by atoms with E-state index in [0.29, 0.717) is 36.8 Å². The Morgan fingerprint density at radius 2 is 1.68 bits per heavy atom. The fourth-order valence-corrected chi connectivity index (χ4v) is 3.45. The number of hydrogen-bond acceptors (Lipinski definition) is 7. The lowest BCUT2D eigenvalue weighted by Gasteiger charge is -2.28. The Hall–Kier alpha value is -3.39. The van der Waals surface area contributed by atoms with Gasteiger partial charge < -0.3 is 24.4 Å². The van der Waals surface area contributed by atoms with Gasteiger partial charge >= 0.3 is 5.97 Å². The molecule has 0 spiro atoms. The van der Waals surface area contributed by atoms with Crippen LogP contribution in [0.4, 0.5) is 11.4 Å². The fourth-order valence-electron chi connectivity index (χ4n) is 3.45. The van der Waals surface area contributed by atoms with Gasteiger partial charge in [0.05, 0.1) is 26.2 Å². The number of morpholine rings is 1. The van der Waals surface area contributed by atoms with Gasteiger partial charge in [0.25, 0.3) is 5.91 Å². The maximum Gasteiger partial charge on any atom is 0.307 e. The number of esters is 1. The molecule has 182 valence electrons. The number of rotatable bonds is 11. The Morgan fingerprint density at radius 1 is 1.00 bits per heavy atom. The van der Waals surface area contributed by atoms with Crippen LogP contribution in [-0.4, -0.2) is 56.7 Å². The molecule has 3 rings (SSSR count). The van der Waals surface area contributed by atoms with Crippen molar-refractivity contribution in [2.45, 2.75) is 39.2 Å². The number of carbonyl (C=O) groups excluding carboxylic acids is 3. The molecule has 1 unspecified atom stereocenters. The van der Waals surface area contributed by atoms with Crippen LogP contribution in [-0.2, 0) is 19.1 Å². The van der Waals surface area contributed by atoms with Crippen LogP contribution >= 0.6 is 0 Å². The third-order valence-electron chi connectivity index (χ3n) is 5.39. The van der Waals surface area contributed by atoms with E-state index in [-0.39, 0.29) is 18.6 Å². The topological polar surface area (TPSA) is 94.2 Å². The molecule has 0 bridgehead atoms. The summed E-state index contributed by atoms with van der Waals surface area (Å²) in [4.78, 5) is 39.1. The van der Waals surface area contributed by atoms with E-state index < -0.39 is 18.0 Å². The fraction of sp³-hybridized carbons (Fsp3) is 0.423. The Labute approximate surface area is 200 Å². The minimum absolute atomic E-state index is 0.00530. The van der Waals surface area contributed by atoms with E-state index in [1.54, 1.807) is 24.3 Å². The maximum absolute atomic E-state index is 12.4. The first kappa shape index (κ1) is 25.2. The van der Waals surface area contributed by atoms with E-state index in [9.17, 15) is 14.4 Å². The molecule has 0 saturated carbocycles. The van der Waals surface area contributed by atoms with Gasteiger partial charge in [0.1, 0.15) is 5.75 Å². The first-order chi connectivity index (χ1) is 16.5. The van der Waals surface area contributed by atoms with Gasteiger partial charge in [0.15, 0.2) is 11.9 Å². The summed E-state index contributed by atoms with van der Waals surface area (Å²) in [6, 6.07) is 14.3. The minimum atomic E-state index is -0.975. The molecule has 1 saturated heterocycles. The van der Waals surface area contributed by atoms with Gasteiger partial charge in [-0.05, 0) is 61.9 Å². The van der Waals surface area contributed by atoms with Gasteiger partial charge in [-0.15, -0.1) is 0 Å². The van der Waals surface area contributed by atoms with Gasteiger partial charge in [-0.25, -0.2) is 0 Å². The summed E-state index contributed by atoms with van der Waals surface area (Å²) in [5.41, 5.74) is 2.18. The van der Waals surface area contributed by atoms with Crippen molar-refractivity contribution in [2.24, 2.45) is 0 Å². The summed E-state index contributed by atoms with van der Waals surface area (Å²) < 4.78 is 16.1. The molecule has 1 N–H and O–H groups in total. The predicted molar refractivity (Wildman–Crippen MR) is 129 cm³/mol. The summed E-state index contributed by atoms with van der Waals surface area (Å²) in [6.45, 7) is 7.21. The number of nitrogens with zero attached hydrogens (tertiary/aromatic N) is 1. The highest BCUT2D eigenvalue weighted by atomic mass is 16.5. The Morgan fingerprint density at radius 3 is 2.32 bits per heavy atom. The first-order valence-electron chi connectivity index (χ1n) is 11.7. The molecular formula is C26H32N2O6. The Kier molecular flexibility index (Phi) is 9.46. The highest BCUT2D eigenvalue weighted by molar-refractivity contribution is 5.98. The van der Waals surface area contributed by atoms with Crippen molar-refractivity contribution in [1.82, 2.24) is 0 Å². The number of nitrogens with one attached hydrogen (secondary N) is 1. The van der Waals surface area contributed by atoms with Gasteiger partial charge in [-0.1, -0.05) is 6.92 Å². The van der Waals surface area contributed by atoms with E-state index in [1.807, 2.05) is 31.2 Å². The number of hydrogen-bond donors (Lipinski definition) is 1. The summed E-state index contributed by atoms with van der Waals surface area (Å²) >= 11 is 0. The van der Waals surface area contributed by atoms with Crippen molar-refractivity contribution in [3.05, 3.63) is 54.1 Å². The van der Waals surface area contributed by atoms with Crippen LogP contribution in [0.1, 0.15) is 43.5 Å². The second kappa shape index (κ2) is 12.7. The van der Waals surface area contributed by atoms with Crippen molar-refractivity contribution in [1.29, 1.82) is 0 Å². The van der Waals surface area contributed by atoms with Crippen LogP contribution in [0.3, 0.4) is 0 Å².